The average molecular weight is 273 g/mol. The Bertz CT molecular complexity index is 393. The van der Waals surface area contributed by atoms with E-state index in [0.717, 1.165) is 0 Å². The summed E-state index contributed by atoms with van der Waals surface area (Å²) < 4.78 is 15.9. The molecule has 4 nitrogen and oxygen atoms in total. The van der Waals surface area contributed by atoms with Gasteiger partial charge in [0.25, 0.3) is 0 Å². The highest BCUT2D eigenvalue weighted by atomic mass is 35.5. The number of carbonyl (C=O) groups excluding carboxylic acids is 1. The lowest BCUT2D eigenvalue weighted by atomic mass is 10.1. The van der Waals surface area contributed by atoms with E-state index in [1.807, 2.05) is 0 Å². The number of hydrogen-bond acceptors (Lipinski definition) is 4. The number of Topliss-reactive ketones (excluding diaryl/α,β-unsaturated/α-hetero) is 1. The lowest BCUT2D eigenvalue weighted by molar-refractivity contribution is 0.101. The fourth-order valence-electron chi connectivity index (χ4n) is 1.37. The van der Waals surface area contributed by atoms with Crippen molar-refractivity contribution in [2.24, 2.45) is 0 Å². The molecule has 0 bridgehead atoms. The number of hydrogen-bond donors (Lipinski definition) is 0. The van der Waals surface area contributed by atoms with Crippen molar-refractivity contribution < 1.29 is 19.0 Å². The summed E-state index contributed by atoms with van der Waals surface area (Å²) in [6, 6.07) is 5.09. The first kappa shape index (κ1) is 14.8. The van der Waals surface area contributed by atoms with Gasteiger partial charge in [-0.3, -0.25) is 4.79 Å². The van der Waals surface area contributed by atoms with Gasteiger partial charge in [-0.05, 0) is 25.1 Å². The quantitative estimate of drug-likeness (QED) is 0.414. The van der Waals surface area contributed by atoms with Crippen LogP contribution in [-0.4, -0.2) is 38.6 Å². The second kappa shape index (κ2) is 7.95. The molecular weight excluding hydrogens is 256 g/mol. The maximum Gasteiger partial charge on any atom is 0.161 e. The fraction of sp³-hybridized carbons (Fsp3) is 0.462. The van der Waals surface area contributed by atoms with Gasteiger partial charge in [-0.25, -0.2) is 0 Å². The molecule has 0 fully saturated rings. The first-order chi connectivity index (χ1) is 8.69. The van der Waals surface area contributed by atoms with Gasteiger partial charge < -0.3 is 14.2 Å². The molecule has 0 unspecified atom stereocenters. The summed E-state index contributed by atoms with van der Waals surface area (Å²) in [5.74, 6) is 1.60. The zero-order valence-corrected chi connectivity index (χ0v) is 11.3. The van der Waals surface area contributed by atoms with Crippen molar-refractivity contribution in [3.8, 4) is 11.5 Å². The number of rotatable bonds is 8. The Labute approximate surface area is 112 Å². The van der Waals surface area contributed by atoms with Gasteiger partial charge in [-0.1, -0.05) is 0 Å². The minimum absolute atomic E-state index is 0.00899. The molecule has 0 aliphatic rings. The van der Waals surface area contributed by atoms with Crippen molar-refractivity contribution in [2.75, 3.05) is 32.8 Å². The minimum atomic E-state index is -0.00899. The molecule has 0 aliphatic heterocycles. The van der Waals surface area contributed by atoms with E-state index >= 15 is 0 Å². The summed E-state index contributed by atoms with van der Waals surface area (Å²) in [6.07, 6.45) is 0. The molecule has 0 spiro atoms. The second-order valence-corrected chi connectivity index (χ2v) is 3.95. The SMILES string of the molecule is COc1cc(C(C)=O)ccc1OCCOCCCl. The van der Waals surface area contributed by atoms with Crippen LogP contribution >= 0.6 is 11.6 Å². The Morgan fingerprint density at radius 3 is 2.61 bits per heavy atom. The van der Waals surface area contributed by atoms with E-state index in [4.69, 9.17) is 25.8 Å². The van der Waals surface area contributed by atoms with Crippen molar-refractivity contribution in [1.82, 2.24) is 0 Å². The van der Waals surface area contributed by atoms with Crippen LogP contribution in [0.4, 0.5) is 0 Å². The predicted octanol–water partition coefficient (Wildman–Crippen LogP) is 2.53. The van der Waals surface area contributed by atoms with Gasteiger partial charge in [-0.15, -0.1) is 11.6 Å². The lowest BCUT2D eigenvalue weighted by Crippen LogP contribution is -2.08. The van der Waals surface area contributed by atoms with Crippen molar-refractivity contribution in [3.05, 3.63) is 23.8 Å². The zero-order valence-electron chi connectivity index (χ0n) is 10.6. The number of ketones is 1. The van der Waals surface area contributed by atoms with E-state index in [9.17, 15) is 4.79 Å². The van der Waals surface area contributed by atoms with Crippen LogP contribution in [0.15, 0.2) is 18.2 Å². The largest absolute Gasteiger partial charge is 0.493 e. The topological polar surface area (TPSA) is 44.8 Å². The molecule has 0 heterocycles. The third-order valence-electron chi connectivity index (χ3n) is 2.28. The third-order valence-corrected chi connectivity index (χ3v) is 2.43. The van der Waals surface area contributed by atoms with Gasteiger partial charge in [0.1, 0.15) is 6.61 Å². The number of ether oxygens (including phenoxy) is 3. The third kappa shape index (κ3) is 4.55. The molecule has 0 saturated heterocycles. The molecule has 0 saturated carbocycles. The number of methoxy groups -OCH3 is 1. The summed E-state index contributed by atoms with van der Waals surface area (Å²) in [5, 5.41) is 0. The molecule has 0 atom stereocenters. The standard InChI is InChI=1S/C13H17ClO4/c1-10(15)11-3-4-12(13(9-11)16-2)18-8-7-17-6-5-14/h3-4,9H,5-8H2,1-2H3. The highest BCUT2D eigenvalue weighted by molar-refractivity contribution is 6.17. The van der Waals surface area contributed by atoms with Crippen LogP contribution in [0.3, 0.4) is 0 Å². The van der Waals surface area contributed by atoms with Gasteiger partial charge in [0.05, 0.1) is 20.3 Å². The number of benzene rings is 1. The van der Waals surface area contributed by atoms with Crippen molar-refractivity contribution >= 4 is 17.4 Å². The Morgan fingerprint density at radius 1 is 1.22 bits per heavy atom. The minimum Gasteiger partial charge on any atom is -0.493 e. The van der Waals surface area contributed by atoms with Crippen LogP contribution in [-0.2, 0) is 4.74 Å². The smallest absolute Gasteiger partial charge is 0.161 e. The molecule has 5 heteroatoms. The maximum atomic E-state index is 11.2. The van der Waals surface area contributed by atoms with Crippen LogP contribution in [0.25, 0.3) is 0 Å². The summed E-state index contributed by atoms with van der Waals surface area (Å²) >= 11 is 5.47. The number of carbonyl (C=O) groups is 1. The van der Waals surface area contributed by atoms with Crippen LogP contribution in [0.1, 0.15) is 17.3 Å². The van der Waals surface area contributed by atoms with Crippen LogP contribution in [0.5, 0.6) is 11.5 Å². The normalized spacial score (nSPS) is 10.2. The molecule has 0 N–H and O–H groups in total. The summed E-state index contributed by atoms with van der Waals surface area (Å²) in [6.45, 7) is 2.89. The predicted molar refractivity (Wildman–Crippen MR) is 70.0 cm³/mol. The molecule has 0 aromatic heterocycles. The van der Waals surface area contributed by atoms with Gasteiger partial charge in [-0.2, -0.15) is 0 Å². The molecule has 1 rings (SSSR count). The molecule has 0 radical (unpaired) electrons. The van der Waals surface area contributed by atoms with E-state index in [0.29, 0.717) is 42.8 Å². The average Bonchev–Trinajstić information content (AvgIpc) is 2.38. The molecular formula is C13H17ClO4. The molecule has 0 aliphatic carbocycles. The number of alkyl halides is 1. The van der Waals surface area contributed by atoms with Crippen molar-refractivity contribution in [1.29, 1.82) is 0 Å². The van der Waals surface area contributed by atoms with E-state index in [1.165, 1.54) is 14.0 Å². The van der Waals surface area contributed by atoms with Crippen molar-refractivity contribution in [2.45, 2.75) is 6.92 Å². The molecule has 1 aromatic rings. The van der Waals surface area contributed by atoms with Gasteiger partial charge >= 0.3 is 0 Å². The highest BCUT2D eigenvalue weighted by Gasteiger charge is 2.08. The summed E-state index contributed by atoms with van der Waals surface area (Å²) in [4.78, 5) is 11.2. The zero-order chi connectivity index (χ0) is 13.4. The summed E-state index contributed by atoms with van der Waals surface area (Å²) in [7, 11) is 1.54. The Hall–Kier alpha value is -1.26. The summed E-state index contributed by atoms with van der Waals surface area (Å²) in [5.41, 5.74) is 0.595. The first-order valence-electron chi connectivity index (χ1n) is 5.64. The van der Waals surface area contributed by atoms with E-state index in [2.05, 4.69) is 0 Å². The number of halogens is 1. The molecule has 18 heavy (non-hydrogen) atoms. The van der Waals surface area contributed by atoms with Crippen molar-refractivity contribution in [3.63, 3.8) is 0 Å². The monoisotopic (exact) mass is 272 g/mol. The van der Waals surface area contributed by atoms with Gasteiger partial charge in [0.15, 0.2) is 17.3 Å². The van der Waals surface area contributed by atoms with E-state index in [1.54, 1.807) is 18.2 Å². The molecule has 1 aromatic carbocycles. The van der Waals surface area contributed by atoms with E-state index < -0.39 is 0 Å². The van der Waals surface area contributed by atoms with Gasteiger partial charge in [0, 0.05) is 11.4 Å². The van der Waals surface area contributed by atoms with E-state index in [-0.39, 0.29) is 5.78 Å². The second-order valence-electron chi connectivity index (χ2n) is 3.57. The van der Waals surface area contributed by atoms with Crippen LogP contribution in [0, 0.1) is 0 Å². The lowest BCUT2D eigenvalue weighted by Gasteiger charge is -2.11. The first-order valence-corrected chi connectivity index (χ1v) is 6.18. The Kier molecular flexibility index (Phi) is 6.54. The molecule has 100 valence electrons. The highest BCUT2D eigenvalue weighted by Crippen LogP contribution is 2.28. The molecule has 0 amide bonds. The fourth-order valence-corrected chi connectivity index (χ4v) is 1.48. The van der Waals surface area contributed by atoms with Gasteiger partial charge in [0.2, 0.25) is 0 Å². The Balaban J connectivity index is 2.57. The maximum absolute atomic E-state index is 11.2. The Morgan fingerprint density at radius 2 is 2.00 bits per heavy atom. The van der Waals surface area contributed by atoms with Crippen LogP contribution in [0.2, 0.25) is 0 Å². The van der Waals surface area contributed by atoms with Crippen LogP contribution < -0.4 is 9.47 Å².